The van der Waals surface area contributed by atoms with Gasteiger partial charge in [-0.3, -0.25) is 0 Å². The third kappa shape index (κ3) is 5.10. The number of aryl methyl sites for hydroxylation is 1. The van der Waals surface area contributed by atoms with Crippen LogP contribution in [-0.4, -0.2) is 34.9 Å². The molecule has 0 aliphatic rings. The van der Waals surface area contributed by atoms with E-state index in [2.05, 4.69) is 42.5 Å². The molecule has 1 atom stereocenters. The highest BCUT2D eigenvalue weighted by Gasteiger charge is 2.14. The van der Waals surface area contributed by atoms with Crippen molar-refractivity contribution in [3.05, 3.63) is 26.6 Å². The molecule has 20 heavy (non-hydrogen) atoms. The van der Waals surface area contributed by atoms with Gasteiger partial charge in [0, 0.05) is 21.9 Å². The van der Waals surface area contributed by atoms with E-state index in [0.29, 0.717) is 5.69 Å². The van der Waals surface area contributed by atoms with Gasteiger partial charge in [-0.15, -0.1) is 0 Å². The van der Waals surface area contributed by atoms with Gasteiger partial charge in [-0.25, -0.2) is 9.59 Å². The van der Waals surface area contributed by atoms with Gasteiger partial charge in [0.2, 0.25) is 0 Å². The quantitative estimate of drug-likeness (QED) is 0.600. The number of carbonyl (C=O) groups is 2. The molecule has 4 N–H and O–H groups in total. The van der Waals surface area contributed by atoms with Gasteiger partial charge in [0.1, 0.15) is 0 Å². The summed E-state index contributed by atoms with van der Waals surface area (Å²) >= 11 is 6.69. The molecule has 0 heterocycles. The molecule has 1 unspecified atom stereocenters. The minimum atomic E-state index is -1.48. The van der Waals surface area contributed by atoms with Crippen LogP contribution in [0.2, 0.25) is 0 Å². The van der Waals surface area contributed by atoms with Crippen LogP contribution in [0.15, 0.2) is 21.1 Å². The van der Waals surface area contributed by atoms with Crippen LogP contribution in [0.1, 0.15) is 12.0 Å². The van der Waals surface area contributed by atoms with Crippen molar-refractivity contribution in [2.45, 2.75) is 19.4 Å². The number of carboxylic acid groups (broad SMARTS) is 1. The molecule has 0 fully saturated rings. The molecule has 1 aromatic rings. The van der Waals surface area contributed by atoms with Crippen molar-refractivity contribution in [1.82, 2.24) is 5.32 Å². The van der Waals surface area contributed by atoms with Crippen molar-refractivity contribution in [1.29, 1.82) is 0 Å². The Balaban J connectivity index is 2.53. The Kier molecular flexibility index (Phi) is 6.44. The molecule has 8 heteroatoms. The molecular weight excluding hydrogens is 396 g/mol. The van der Waals surface area contributed by atoms with E-state index >= 15 is 0 Å². The summed E-state index contributed by atoms with van der Waals surface area (Å²) in [7, 11) is 0. The van der Waals surface area contributed by atoms with Gasteiger partial charge < -0.3 is 20.8 Å². The predicted molar refractivity (Wildman–Crippen MR) is 81.9 cm³/mol. The normalized spacial score (nSPS) is 11.8. The van der Waals surface area contributed by atoms with Gasteiger partial charge in [0.05, 0.1) is 5.69 Å². The molecule has 0 aliphatic heterocycles. The zero-order valence-electron chi connectivity index (χ0n) is 10.6. The molecule has 2 amide bonds. The highest BCUT2D eigenvalue weighted by molar-refractivity contribution is 9.11. The lowest BCUT2D eigenvalue weighted by Gasteiger charge is -2.12. The summed E-state index contributed by atoms with van der Waals surface area (Å²) < 4.78 is 1.45. The largest absolute Gasteiger partial charge is 0.479 e. The molecular formula is C12H14Br2N2O4. The Hall–Kier alpha value is -1.12. The second-order valence-electron chi connectivity index (χ2n) is 4.13. The lowest BCUT2D eigenvalue weighted by molar-refractivity contribution is -0.146. The molecule has 1 rings (SSSR count). The van der Waals surface area contributed by atoms with Crippen molar-refractivity contribution in [2.75, 3.05) is 11.9 Å². The van der Waals surface area contributed by atoms with Crippen LogP contribution in [0.25, 0.3) is 0 Å². The van der Waals surface area contributed by atoms with Crippen LogP contribution in [0.5, 0.6) is 0 Å². The molecule has 0 bridgehead atoms. The van der Waals surface area contributed by atoms with E-state index in [4.69, 9.17) is 10.2 Å². The first-order chi connectivity index (χ1) is 9.31. The van der Waals surface area contributed by atoms with Gasteiger partial charge >= 0.3 is 12.0 Å². The lowest BCUT2D eigenvalue weighted by atomic mass is 10.2. The minimum Gasteiger partial charge on any atom is -0.479 e. The summed E-state index contributed by atoms with van der Waals surface area (Å²) in [5, 5.41) is 22.7. The van der Waals surface area contributed by atoms with Gasteiger partial charge in [0.25, 0.3) is 0 Å². The zero-order chi connectivity index (χ0) is 15.3. The summed E-state index contributed by atoms with van der Waals surface area (Å²) in [5.74, 6) is -1.31. The molecule has 0 saturated heterocycles. The van der Waals surface area contributed by atoms with Gasteiger partial charge in [-0.05, 0) is 56.5 Å². The summed E-state index contributed by atoms with van der Waals surface area (Å²) in [5.41, 5.74) is 1.60. The fraction of sp³-hybridized carbons (Fsp3) is 0.333. The molecule has 0 radical (unpaired) electrons. The number of aliphatic hydroxyl groups excluding tert-OH is 1. The van der Waals surface area contributed by atoms with Crippen molar-refractivity contribution in [3.8, 4) is 0 Å². The highest BCUT2D eigenvalue weighted by atomic mass is 79.9. The maximum absolute atomic E-state index is 11.7. The van der Waals surface area contributed by atoms with E-state index in [0.717, 1.165) is 14.5 Å². The van der Waals surface area contributed by atoms with E-state index < -0.39 is 18.1 Å². The molecule has 0 saturated carbocycles. The molecule has 110 valence electrons. The van der Waals surface area contributed by atoms with E-state index in [1.807, 2.05) is 19.1 Å². The maximum atomic E-state index is 11.7. The summed E-state index contributed by atoms with van der Waals surface area (Å²) in [6.07, 6.45) is -1.54. The van der Waals surface area contributed by atoms with Crippen molar-refractivity contribution < 1.29 is 19.8 Å². The average Bonchev–Trinajstić information content (AvgIpc) is 2.33. The van der Waals surface area contributed by atoms with Crippen molar-refractivity contribution in [2.24, 2.45) is 0 Å². The summed E-state index contributed by atoms with van der Waals surface area (Å²) in [6.45, 7) is 1.98. The number of urea groups is 1. The van der Waals surface area contributed by atoms with Crippen molar-refractivity contribution >= 4 is 49.5 Å². The van der Waals surface area contributed by atoms with Crippen LogP contribution in [0.3, 0.4) is 0 Å². The number of aliphatic carboxylic acids is 1. The standard InChI is InChI=1S/C12H14Br2N2O4/c1-6-4-7(13)10(8(14)5-6)16-12(20)15-3-2-9(17)11(18)19/h4-5,9,17H,2-3H2,1H3,(H,18,19)(H2,15,16,20). The molecule has 1 aromatic carbocycles. The second-order valence-corrected chi connectivity index (χ2v) is 5.84. The third-order valence-corrected chi connectivity index (χ3v) is 3.66. The van der Waals surface area contributed by atoms with Gasteiger partial charge in [0.15, 0.2) is 6.10 Å². The summed E-state index contributed by atoms with van der Waals surface area (Å²) in [6, 6.07) is 3.23. The van der Waals surface area contributed by atoms with Crippen LogP contribution < -0.4 is 10.6 Å². The first-order valence-corrected chi connectivity index (χ1v) is 7.31. The number of rotatable bonds is 5. The number of hydrogen-bond donors (Lipinski definition) is 4. The fourth-order valence-corrected chi connectivity index (χ4v) is 3.04. The van der Waals surface area contributed by atoms with Gasteiger partial charge in [-0.2, -0.15) is 0 Å². The Morgan fingerprint density at radius 3 is 2.35 bits per heavy atom. The first kappa shape index (κ1) is 16.9. The molecule has 0 aliphatic carbocycles. The predicted octanol–water partition coefficient (Wildman–Crippen LogP) is 2.48. The van der Waals surface area contributed by atoms with E-state index in [1.165, 1.54) is 0 Å². The van der Waals surface area contributed by atoms with Gasteiger partial charge in [-0.1, -0.05) is 0 Å². The van der Waals surface area contributed by atoms with Crippen molar-refractivity contribution in [3.63, 3.8) is 0 Å². The fourth-order valence-electron chi connectivity index (χ4n) is 1.42. The van der Waals surface area contributed by atoms with E-state index in [1.54, 1.807) is 0 Å². The third-order valence-electron chi connectivity index (χ3n) is 2.41. The van der Waals surface area contributed by atoms with Crippen LogP contribution in [-0.2, 0) is 4.79 Å². The number of carboxylic acids is 1. The average molecular weight is 410 g/mol. The summed E-state index contributed by atoms with van der Waals surface area (Å²) in [4.78, 5) is 22.1. The Morgan fingerprint density at radius 1 is 1.30 bits per heavy atom. The number of anilines is 1. The molecule has 6 nitrogen and oxygen atoms in total. The van der Waals surface area contributed by atoms with Crippen LogP contribution in [0.4, 0.5) is 10.5 Å². The number of halogens is 2. The second kappa shape index (κ2) is 7.61. The van der Waals surface area contributed by atoms with E-state index in [-0.39, 0.29) is 13.0 Å². The number of hydrogen-bond acceptors (Lipinski definition) is 3. The smallest absolute Gasteiger partial charge is 0.332 e. The van der Waals surface area contributed by atoms with Crippen LogP contribution in [0, 0.1) is 6.92 Å². The molecule has 0 spiro atoms. The lowest BCUT2D eigenvalue weighted by Crippen LogP contribution is -2.33. The molecule has 0 aromatic heterocycles. The highest BCUT2D eigenvalue weighted by Crippen LogP contribution is 2.32. The number of amides is 2. The monoisotopic (exact) mass is 408 g/mol. The Labute approximate surface area is 132 Å². The topological polar surface area (TPSA) is 98.7 Å². The number of aliphatic hydroxyl groups is 1. The van der Waals surface area contributed by atoms with Crippen LogP contribution >= 0.6 is 31.9 Å². The number of benzene rings is 1. The number of carbonyl (C=O) groups excluding carboxylic acids is 1. The SMILES string of the molecule is Cc1cc(Br)c(NC(=O)NCCC(O)C(=O)O)c(Br)c1. The first-order valence-electron chi connectivity index (χ1n) is 5.72. The van der Waals surface area contributed by atoms with E-state index in [9.17, 15) is 9.59 Å². The Morgan fingerprint density at radius 2 is 1.85 bits per heavy atom. The maximum Gasteiger partial charge on any atom is 0.332 e. The number of nitrogens with one attached hydrogen (secondary N) is 2. The zero-order valence-corrected chi connectivity index (χ0v) is 13.8. The minimum absolute atomic E-state index is 0.0560. The Bertz CT molecular complexity index is 499.